The lowest BCUT2D eigenvalue weighted by Gasteiger charge is -2.06. The van der Waals surface area contributed by atoms with Gasteiger partial charge in [-0.15, -0.1) is 11.3 Å². The minimum Gasteiger partial charge on any atom is -0.399 e. The molecule has 0 aliphatic heterocycles. The van der Waals surface area contributed by atoms with Gasteiger partial charge in [0.15, 0.2) is 0 Å². The number of thiazole rings is 1. The van der Waals surface area contributed by atoms with E-state index in [0.29, 0.717) is 17.9 Å². The average molecular weight is 237 g/mol. The van der Waals surface area contributed by atoms with E-state index >= 15 is 0 Å². The summed E-state index contributed by atoms with van der Waals surface area (Å²) >= 11 is 1.58. The van der Waals surface area contributed by atoms with Crippen LogP contribution in [0.15, 0.2) is 23.7 Å². The molecule has 2 rings (SSSR count). The van der Waals surface area contributed by atoms with Crippen molar-refractivity contribution in [2.45, 2.75) is 13.5 Å². The van der Waals surface area contributed by atoms with Crippen molar-refractivity contribution in [3.05, 3.63) is 40.1 Å². The van der Waals surface area contributed by atoms with E-state index in [4.69, 9.17) is 5.73 Å². The maximum atomic E-state index is 13.0. The van der Waals surface area contributed by atoms with Crippen LogP contribution in [0.3, 0.4) is 0 Å². The minimum absolute atomic E-state index is 0.330. The molecule has 0 atom stereocenters. The molecule has 0 unspecified atom stereocenters. The van der Waals surface area contributed by atoms with E-state index in [-0.39, 0.29) is 5.82 Å². The third-order valence-corrected chi connectivity index (χ3v) is 3.15. The molecule has 5 heteroatoms. The molecule has 0 fully saturated rings. The van der Waals surface area contributed by atoms with Crippen molar-refractivity contribution >= 4 is 22.7 Å². The SMILES string of the molecule is Cc1ncsc1CNc1cc(N)cc(F)c1. The predicted octanol–water partition coefficient (Wildman–Crippen LogP) is 2.78. The summed E-state index contributed by atoms with van der Waals surface area (Å²) in [6, 6.07) is 4.43. The molecule has 0 amide bonds. The highest BCUT2D eigenvalue weighted by Crippen LogP contribution is 2.18. The number of nitrogens with two attached hydrogens (primary N) is 1. The molecular weight excluding hydrogens is 225 g/mol. The largest absolute Gasteiger partial charge is 0.399 e. The quantitative estimate of drug-likeness (QED) is 0.807. The summed E-state index contributed by atoms with van der Waals surface area (Å²) in [6.45, 7) is 2.59. The average Bonchev–Trinajstić information content (AvgIpc) is 2.59. The number of rotatable bonds is 3. The van der Waals surface area contributed by atoms with E-state index in [0.717, 1.165) is 10.6 Å². The molecule has 0 saturated heterocycles. The van der Waals surface area contributed by atoms with Crippen molar-refractivity contribution in [1.82, 2.24) is 4.98 Å². The van der Waals surface area contributed by atoms with Crippen LogP contribution in [0.25, 0.3) is 0 Å². The maximum Gasteiger partial charge on any atom is 0.127 e. The summed E-state index contributed by atoms with van der Waals surface area (Å²) in [5, 5.41) is 3.12. The number of nitrogen functional groups attached to an aromatic ring is 1. The zero-order valence-electron chi connectivity index (χ0n) is 8.83. The highest BCUT2D eigenvalue weighted by Gasteiger charge is 2.02. The monoisotopic (exact) mass is 237 g/mol. The summed E-state index contributed by atoms with van der Waals surface area (Å²) in [5.74, 6) is -0.330. The van der Waals surface area contributed by atoms with E-state index in [9.17, 15) is 4.39 Å². The molecule has 0 saturated carbocycles. The van der Waals surface area contributed by atoms with Crippen molar-refractivity contribution in [2.75, 3.05) is 11.1 Å². The maximum absolute atomic E-state index is 13.0. The molecule has 2 aromatic rings. The van der Waals surface area contributed by atoms with Crippen LogP contribution in [0, 0.1) is 12.7 Å². The lowest BCUT2D eigenvalue weighted by molar-refractivity contribution is 0.629. The van der Waals surface area contributed by atoms with Crippen LogP contribution in [-0.2, 0) is 6.54 Å². The number of nitrogens with zero attached hydrogens (tertiary/aromatic N) is 1. The summed E-state index contributed by atoms with van der Waals surface area (Å²) in [5.41, 5.74) is 9.45. The molecule has 0 spiro atoms. The highest BCUT2D eigenvalue weighted by atomic mass is 32.1. The van der Waals surface area contributed by atoms with Gasteiger partial charge in [0.25, 0.3) is 0 Å². The first-order chi connectivity index (χ1) is 7.65. The number of halogens is 1. The number of hydrogen-bond acceptors (Lipinski definition) is 4. The van der Waals surface area contributed by atoms with E-state index in [1.54, 1.807) is 22.9 Å². The number of aryl methyl sites for hydroxylation is 1. The second-order valence-corrected chi connectivity index (χ2v) is 4.43. The first-order valence-corrected chi connectivity index (χ1v) is 5.72. The van der Waals surface area contributed by atoms with E-state index in [1.807, 2.05) is 6.92 Å². The molecule has 1 aromatic carbocycles. The van der Waals surface area contributed by atoms with Crippen LogP contribution in [0.2, 0.25) is 0 Å². The van der Waals surface area contributed by atoms with Crippen LogP contribution in [0.1, 0.15) is 10.6 Å². The second kappa shape index (κ2) is 4.49. The van der Waals surface area contributed by atoms with Gasteiger partial charge in [0.2, 0.25) is 0 Å². The Labute approximate surface area is 97.1 Å². The number of nitrogens with one attached hydrogen (secondary N) is 1. The molecule has 0 bridgehead atoms. The summed E-state index contributed by atoms with van der Waals surface area (Å²) in [7, 11) is 0. The normalized spacial score (nSPS) is 10.4. The van der Waals surface area contributed by atoms with Gasteiger partial charge in [0.05, 0.1) is 17.7 Å². The minimum atomic E-state index is -0.330. The fraction of sp³-hybridized carbons (Fsp3) is 0.182. The zero-order valence-corrected chi connectivity index (χ0v) is 9.64. The van der Waals surface area contributed by atoms with Gasteiger partial charge in [-0.25, -0.2) is 9.37 Å². The molecular formula is C11H12FN3S. The van der Waals surface area contributed by atoms with Crippen LogP contribution in [0.5, 0.6) is 0 Å². The number of hydrogen-bond donors (Lipinski definition) is 2. The van der Waals surface area contributed by atoms with Crippen molar-refractivity contribution in [3.8, 4) is 0 Å². The lowest BCUT2D eigenvalue weighted by Crippen LogP contribution is -2.00. The Morgan fingerprint density at radius 3 is 2.88 bits per heavy atom. The van der Waals surface area contributed by atoms with Crippen molar-refractivity contribution in [3.63, 3.8) is 0 Å². The summed E-state index contributed by atoms with van der Waals surface area (Å²) in [6.07, 6.45) is 0. The molecule has 3 nitrogen and oxygen atoms in total. The van der Waals surface area contributed by atoms with Gasteiger partial charge in [0, 0.05) is 16.3 Å². The fourth-order valence-electron chi connectivity index (χ4n) is 1.39. The topological polar surface area (TPSA) is 50.9 Å². The van der Waals surface area contributed by atoms with Gasteiger partial charge in [-0.2, -0.15) is 0 Å². The Morgan fingerprint density at radius 2 is 2.25 bits per heavy atom. The molecule has 84 valence electrons. The molecule has 1 aromatic heterocycles. The fourth-order valence-corrected chi connectivity index (χ4v) is 2.11. The summed E-state index contributed by atoms with van der Waals surface area (Å²) < 4.78 is 13.0. The van der Waals surface area contributed by atoms with Gasteiger partial charge in [-0.05, 0) is 25.1 Å². The Hall–Kier alpha value is -1.62. The number of aromatic nitrogens is 1. The van der Waals surface area contributed by atoms with Crippen molar-refractivity contribution in [2.24, 2.45) is 0 Å². The first kappa shape index (κ1) is 10.9. The Kier molecular flexibility index (Phi) is 3.05. The highest BCUT2D eigenvalue weighted by molar-refractivity contribution is 7.09. The van der Waals surface area contributed by atoms with Gasteiger partial charge in [-0.1, -0.05) is 0 Å². The molecule has 0 radical (unpaired) electrons. The second-order valence-electron chi connectivity index (χ2n) is 3.49. The molecule has 0 aliphatic rings. The summed E-state index contributed by atoms with van der Waals surface area (Å²) in [4.78, 5) is 5.29. The van der Waals surface area contributed by atoms with Gasteiger partial charge < -0.3 is 11.1 Å². The number of benzene rings is 1. The van der Waals surface area contributed by atoms with Gasteiger partial charge in [0.1, 0.15) is 5.82 Å². The molecule has 3 N–H and O–H groups in total. The van der Waals surface area contributed by atoms with Crippen molar-refractivity contribution < 1.29 is 4.39 Å². The van der Waals surface area contributed by atoms with Crippen LogP contribution >= 0.6 is 11.3 Å². The third-order valence-electron chi connectivity index (χ3n) is 2.22. The molecule has 0 aliphatic carbocycles. The standard InChI is InChI=1S/C11H12FN3S/c1-7-11(16-6-15-7)5-14-10-3-8(12)2-9(13)4-10/h2-4,6,14H,5,13H2,1H3. The van der Waals surface area contributed by atoms with E-state index in [1.165, 1.54) is 12.1 Å². The number of anilines is 2. The van der Waals surface area contributed by atoms with E-state index in [2.05, 4.69) is 10.3 Å². The Bertz CT molecular complexity index is 475. The van der Waals surface area contributed by atoms with Crippen LogP contribution in [0.4, 0.5) is 15.8 Å². The van der Waals surface area contributed by atoms with Crippen molar-refractivity contribution in [1.29, 1.82) is 0 Å². The molecule has 1 heterocycles. The lowest BCUT2D eigenvalue weighted by atomic mass is 10.2. The predicted molar refractivity (Wildman–Crippen MR) is 65.0 cm³/mol. The first-order valence-electron chi connectivity index (χ1n) is 4.84. The van der Waals surface area contributed by atoms with Crippen LogP contribution < -0.4 is 11.1 Å². The van der Waals surface area contributed by atoms with Crippen LogP contribution in [-0.4, -0.2) is 4.98 Å². The molecule has 16 heavy (non-hydrogen) atoms. The van der Waals surface area contributed by atoms with Gasteiger partial charge >= 0.3 is 0 Å². The Morgan fingerprint density at radius 1 is 1.44 bits per heavy atom. The third kappa shape index (κ3) is 2.49. The van der Waals surface area contributed by atoms with E-state index < -0.39 is 0 Å². The zero-order chi connectivity index (χ0) is 11.5. The smallest absolute Gasteiger partial charge is 0.127 e. The van der Waals surface area contributed by atoms with Gasteiger partial charge in [-0.3, -0.25) is 0 Å². The Balaban J connectivity index is 2.07.